The van der Waals surface area contributed by atoms with Crippen LogP contribution in [-0.2, 0) is 11.2 Å². The van der Waals surface area contributed by atoms with E-state index in [1.54, 1.807) is 4.52 Å². The van der Waals surface area contributed by atoms with Crippen molar-refractivity contribution in [3.8, 4) is 0 Å². The van der Waals surface area contributed by atoms with Crippen LogP contribution in [0.5, 0.6) is 0 Å². The molecule has 2 fully saturated rings. The van der Waals surface area contributed by atoms with Gasteiger partial charge in [-0.15, -0.1) is 0 Å². The Labute approximate surface area is 147 Å². The molecule has 0 spiro atoms. The lowest BCUT2D eigenvalue weighted by Gasteiger charge is -2.37. The van der Waals surface area contributed by atoms with Crippen LogP contribution in [-0.4, -0.2) is 55.6 Å². The average Bonchev–Trinajstić information content (AvgIpc) is 3.23. The van der Waals surface area contributed by atoms with Crippen molar-refractivity contribution in [1.82, 2.24) is 29.8 Å². The molecule has 4 rings (SSSR count). The first kappa shape index (κ1) is 16.4. The number of nitrogens with one attached hydrogen (secondary N) is 1. The summed E-state index contributed by atoms with van der Waals surface area (Å²) in [5.41, 5.74) is 3.05. The number of hydrogen-bond acceptors (Lipinski definition) is 5. The number of hydrogen-bond donors (Lipinski definition) is 1. The maximum absolute atomic E-state index is 12.5. The molecule has 7 heteroatoms. The van der Waals surface area contributed by atoms with Gasteiger partial charge in [0.2, 0.25) is 5.91 Å². The zero-order chi connectivity index (χ0) is 17.4. The number of amides is 1. The third-order valence-corrected chi connectivity index (χ3v) is 5.78. The van der Waals surface area contributed by atoms with Crippen LogP contribution < -0.4 is 5.32 Å². The Morgan fingerprint density at radius 2 is 2.08 bits per heavy atom. The quantitative estimate of drug-likeness (QED) is 0.909. The molecule has 2 aliphatic rings. The van der Waals surface area contributed by atoms with Crippen molar-refractivity contribution in [2.24, 2.45) is 0 Å². The molecule has 2 aromatic heterocycles. The van der Waals surface area contributed by atoms with Crippen LogP contribution in [0.15, 0.2) is 6.33 Å². The van der Waals surface area contributed by atoms with Crippen LogP contribution in [0.1, 0.15) is 49.1 Å². The van der Waals surface area contributed by atoms with Gasteiger partial charge in [-0.25, -0.2) is 9.50 Å². The Kier molecular flexibility index (Phi) is 4.41. The molecule has 2 saturated heterocycles. The largest absolute Gasteiger partial charge is 0.352 e. The smallest absolute Gasteiger partial charge is 0.252 e. The van der Waals surface area contributed by atoms with Gasteiger partial charge in [0.25, 0.3) is 5.78 Å². The van der Waals surface area contributed by atoms with Crippen LogP contribution in [0.2, 0.25) is 0 Å². The van der Waals surface area contributed by atoms with Crippen molar-refractivity contribution >= 4 is 11.7 Å². The topological polar surface area (TPSA) is 75.4 Å². The van der Waals surface area contributed by atoms with Gasteiger partial charge in [-0.1, -0.05) is 0 Å². The van der Waals surface area contributed by atoms with Gasteiger partial charge >= 0.3 is 0 Å². The summed E-state index contributed by atoms with van der Waals surface area (Å²) in [6.45, 7) is 6.38. The van der Waals surface area contributed by atoms with E-state index < -0.39 is 0 Å². The Balaban J connectivity index is 1.40. The zero-order valence-electron chi connectivity index (χ0n) is 15.0. The van der Waals surface area contributed by atoms with Crippen LogP contribution in [0.25, 0.3) is 5.78 Å². The second-order valence-corrected chi connectivity index (χ2v) is 7.29. The first-order chi connectivity index (χ1) is 12.1. The van der Waals surface area contributed by atoms with E-state index in [1.165, 1.54) is 38.7 Å². The van der Waals surface area contributed by atoms with E-state index in [9.17, 15) is 4.79 Å². The molecule has 1 amide bonds. The molecule has 0 saturated carbocycles. The third kappa shape index (κ3) is 3.13. The van der Waals surface area contributed by atoms with Gasteiger partial charge in [0, 0.05) is 29.9 Å². The molecule has 2 aliphatic heterocycles. The van der Waals surface area contributed by atoms with E-state index >= 15 is 0 Å². The first-order valence-electron chi connectivity index (χ1n) is 9.32. The molecule has 0 aliphatic carbocycles. The number of aryl methyl sites for hydroxylation is 2. The molecular formula is C18H26N6O. The fourth-order valence-electron chi connectivity index (χ4n) is 4.49. The van der Waals surface area contributed by atoms with Gasteiger partial charge < -0.3 is 5.32 Å². The van der Waals surface area contributed by atoms with Crippen LogP contribution >= 0.6 is 0 Å². The summed E-state index contributed by atoms with van der Waals surface area (Å²) in [4.78, 5) is 23.7. The molecule has 0 aromatic carbocycles. The highest BCUT2D eigenvalue weighted by Crippen LogP contribution is 2.27. The average molecular weight is 342 g/mol. The van der Waals surface area contributed by atoms with Crippen molar-refractivity contribution in [3.63, 3.8) is 0 Å². The maximum atomic E-state index is 12.5. The van der Waals surface area contributed by atoms with Crippen molar-refractivity contribution < 1.29 is 4.79 Å². The predicted molar refractivity (Wildman–Crippen MR) is 94.3 cm³/mol. The van der Waals surface area contributed by atoms with Gasteiger partial charge in [0.1, 0.15) is 6.33 Å². The fourth-order valence-corrected chi connectivity index (χ4v) is 4.49. The summed E-state index contributed by atoms with van der Waals surface area (Å²) in [6.07, 6.45) is 7.47. The fraction of sp³-hybridized carbons (Fsp3) is 0.667. The third-order valence-electron chi connectivity index (χ3n) is 5.78. The Morgan fingerprint density at radius 3 is 2.92 bits per heavy atom. The minimum Gasteiger partial charge on any atom is -0.352 e. The lowest BCUT2D eigenvalue weighted by Crippen LogP contribution is -2.52. The van der Waals surface area contributed by atoms with E-state index in [4.69, 9.17) is 0 Å². The highest BCUT2D eigenvalue weighted by atomic mass is 16.1. The molecule has 2 atom stereocenters. The van der Waals surface area contributed by atoms with Crippen LogP contribution in [0.4, 0.5) is 0 Å². The number of nitrogens with zero attached hydrogens (tertiary/aromatic N) is 5. The molecule has 0 bridgehead atoms. The minimum absolute atomic E-state index is 0.149. The molecule has 0 radical (unpaired) electrons. The Bertz CT molecular complexity index is 785. The molecule has 1 N–H and O–H groups in total. The summed E-state index contributed by atoms with van der Waals surface area (Å²) in [7, 11) is 0. The number of aromatic nitrogens is 4. The highest BCUT2D eigenvalue weighted by molar-refractivity contribution is 5.76. The van der Waals surface area contributed by atoms with Gasteiger partial charge in [-0.2, -0.15) is 10.1 Å². The number of carbonyl (C=O) groups is 1. The van der Waals surface area contributed by atoms with Gasteiger partial charge in [0.05, 0.1) is 0 Å². The van der Waals surface area contributed by atoms with Gasteiger partial charge in [0.15, 0.2) is 0 Å². The SMILES string of the molecule is Cc1nc2ncnn2c(C)c1CCC(=O)N[C@H]1CCCN2CCC[C@@H]12. The molecule has 0 unspecified atom stereocenters. The van der Waals surface area contributed by atoms with E-state index in [-0.39, 0.29) is 5.91 Å². The van der Waals surface area contributed by atoms with E-state index in [0.29, 0.717) is 30.7 Å². The van der Waals surface area contributed by atoms with E-state index in [2.05, 4.69) is 25.3 Å². The van der Waals surface area contributed by atoms with E-state index in [1.807, 2.05) is 13.8 Å². The van der Waals surface area contributed by atoms with Crippen LogP contribution in [0.3, 0.4) is 0 Å². The number of carbonyl (C=O) groups excluding carboxylic acids is 1. The minimum atomic E-state index is 0.149. The zero-order valence-corrected chi connectivity index (χ0v) is 15.0. The monoisotopic (exact) mass is 342 g/mol. The van der Waals surface area contributed by atoms with Gasteiger partial charge in [-0.3, -0.25) is 9.69 Å². The van der Waals surface area contributed by atoms with Gasteiger partial charge in [-0.05, 0) is 64.6 Å². The number of piperidine rings is 1. The van der Waals surface area contributed by atoms with Crippen molar-refractivity contribution in [2.45, 2.75) is 64.5 Å². The molecule has 25 heavy (non-hydrogen) atoms. The van der Waals surface area contributed by atoms with Crippen molar-refractivity contribution in [3.05, 3.63) is 23.3 Å². The first-order valence-corrected chi connectivity index (χ1v) is 9.32. The molecular weight excluding hydrogens is 316 g/mol. The summed E-state index contributed by atoms with van der Waals surface area (Å²) in [5.74, 6) is 0.767. The Morgan fingerprint density at radius 1 is 1.28 bits per heavy atom. The van der Waals surface area contributed by atoms with E-state index in [0.717, 1.165) is 23.4 Å². The summed E-state index contributed by atoms with van der Waals surface area (Å²) < 4.78 is 1.75. The van der Waals surface area contributed by atoms with Crippen molar-refractivity contribution in [2.75, 3.05) is 13.1 Å². The predicted octanol–water partition coefficient (Wildman–Crippen LogP) is 1.42. The normalized spacial score (nSPS) is 23.8. The lowest BCUT2D eigenvalue weighted by molar-refractivity contribution is -0.122. The highest BCUT2D eigenvalue weighted by Gasteiger charge is 2.35. The summed E-state index contributed by atoms with van der Waals surface area (Å²) >= 11 is 0. The van der Waals surface area contributed by atoms with Crippen molar-refractivity contribution in [1.29, 1.82) is 0 Å². The lowest BCUT2D eigenvalue weighted by atomic mass is 9.96. The standard InChI is InChI=1S/C18H26N6O/c1-12-14(13(2)24-18(21-12)19-11-20-24)7-8-17(25)22-15-5-3-9-23-10-4-6-16(15)23/h11,15-16H,3-10H2,1-2H3,(H,22,25)/t15-,16-/m0/s1. The second-order valence-electron chi connectivity index (χ2n) is 7.29. The summed E-state index contributed by atoms with van der Waals surface area (Å²) in [5, 5.41) is 7.51. The molecule has 2 aromatic rings. The molecule has 134 valence electrons. The molecule has 4 heterocycles. The number of rotatable bonds is 4. The summed E-state index contributed by atoms with van der Waals surface area (Å²) in [6, 6.07) is 0.871. The van der Waals surface area contributed by atoms with Crippen LogP contribution in [0, 0.1) is 13.8 Å². The Hall–Kier alpha value is -2.02. The second kappa shape index (κ2) is 6.71. The number of fused-ring (bicyclic) bond motifs is 2. The molecule has 7 nitrogen and oxygen atoms in total. The maximum Gasteiger partial charge on any atom is 0.252 e.